The third-order valence-corrected chi connectivity index (χ3v) is 3.56. The second-order valence-corrected chi connectivity index (χ2v) is 5.56. The Labute approximate surface area is 135 Å². The molecule has 0 aliphatic heterocycles. The van der Waals surface area contributed by atoms with Crippen LogP contribution in [0.4, 0.5) is 5.69 Å². The molecule has 0 aliphatic rings. The fourth-order valence-corrected chi connectivity index (χ4v) is 2.43. The first-order valence-corrected chi connectivity index (χ1v) is 7.40. The largest absolute Gasteiger partial charge is 0.387 e. The van der Waals surface area contributed by atoms with Gasteiger partial charge in [0, 0.05) is 22.8 Å². The highest BCUT2D eigenvalue weighted by atomic mass is 35.5. The predicted octanol–water partition coefficient (Wildman–Crippen LogP) is 2.94. The van der Waals surface area contributed by atoms with Crippen LogP contribution in [0.2, 0.25) is 5.02 Å². The van der Waals surface area contributed by atoms with Gasteiger partial charge in [0.25, 0.3) is 0 Å². The van der Waals surface area contributed by atoms with Gasteiger partial charge in [-0.25, -0.2) is 0 Å². The Morgan fingerprint density at radius 3 is 2.50 bits per heavy atom. The second kappa shape index (κ2) is 7.94. The van der Waals surface area contributed by atoms with Crippen LogP contribution in [0.5, 0.6) is 0 Å². The van der Waals surface area contributed by atoms with Gasteiger partial charge in [0.1, 0.15) is 0 Å². The van der Waals surface area contributed by atoms with E-state index in [9.17, 15) is 9.90 Å². The summed E-state index contributed by atoms with van der Waals surface area (Å²) in [6, 6.07) is 16.4. The van der Waals surface area contributed by atoms with Gasteiger partial charge in [-0.1, -0.05) is 48.0 Å². The maximum absolute atomic E-state index is 11.9. The molecular formula is C17H19ClN2O2. The lowest BCUT2D eigenvalue weighted by atomic mass is 10.1. The van der Waals surface area contributed by atoms with Crippen molar-refractivity contribution in [3.63, 3.8) is 0 Å². The van der Waals surface area contributed by atoms with Gasteiger partial charge in [-0.3, -0.25) is 9.69 Å². The number of halogens is 1. The molecule has 0 fully saturated rings. The van der Waals surface area contributed by atoms with E-state index in [1.54, 1.807) is 24.1 Å². The molecule has 0 heterocycles. The van der Waals surface area contributed by atoms with Crippen molar-refractivity contribution >= 4 is 23.2 Å². The molecule has 0 saturated carbocycles. The van der Waals surface area contributed by atoms with Crippen LogP contribution in [0.1, 0.15) is 11.7 Å². The van der Waals surface area contributed by atoms with Crippen molar-refractivity contribution in [2.45, 2.75) is 6.10 Å². The number of para-hydroxylation sites is 1. The molecule has 0 aromatic heterocycles. The van der Waals surface area contributed by atoms with Gasteiger partial charge >= 0.3 is 0 Å². The SMILES string of the molecule is CN(CC(=O)Nc1ccccc1)CC(O)c1ccccc1Cl. The number of anilines is 1. The molecule has 2 aromatic carbocycles. The maximum Gasteiger partial charge on any atom is 0.238 e. The van der Waals surface area contributed by atoms with Crippen molar-refractivity contribution in [2.75, 3.05) is 25.5 Å². The number of nitrogens with zero attached hydrogens (tertiary/aromatic N) is 1. The molecule has 2 aromatic rings. The van der Waals surface area contributed by atoms with Crippen LogP contribution in [0.3, 0.4) is 0 Å². The number of hydrogen-bond donors (Lipinski definition) is 2. The molecule has 116 valence electrons. The number of benzene rings is 2. The van der Waals surface area contributed by atoms with E-state index >= 15 is 0 Å². The average Bonchev–Trinajstić information content (AvgIpc) is 2.48. The van der Waals surface area contributed by atoms with Crippen molar-refractivity contribution in [1.82, 2.24) is 4.90 Å². The third kappa shape index (κ3) is 4.84. The molecular weight excluding hydrogens is 300 g/mol. The fourth-order valence-electron chi connectivity index (χ4n) is 2.17. The Kier molecular flexibility index (Phi) is 5.95. The normalized spacial score (nSPS) is 12.2. The molecule has 0 spiro atoms. The van der Waals surface area contributed by atoms with E-state index in [0.29, 0.717) is 17.1 Å². The number of likely N-dealkylation sites (N-methyl/N-ethyl adjacent to an activating group) is 1. The van der Waals surface area contributed by atoms with E-state index in [1.807, 2.05) is 42.5 Å². The molecule has 1 atom stereocenters. The molecule has 1 amide bonds. The molecule has 2 rings (SSSR count). The lowest BCUT2D eigenvalue weighted by molar-refractivity contribution is -0.117. The van der Waals surface area contributed by atoms with E-state index in [2.05, 4.69) is 5.32 Å². The fraction of sp³-hybridized carbons (Fsp3) is 0.235. The highest BCUT2D eigenvalue weighted by Crippen LogP contribution is 2.22. The van der Waals surface area contributed by atoms with E-state index in [0.717, 1.165) is 5.69 Å². The number of carbonyl (C=O) groups is 1. The molecule has 5 heteroatoms. The maximum atomic E-state index is 11.9. The number of nitrogens with one attached hydrogen (secondary N) is 1. The summed E-state index contributed by atoms with van der Waals surface area (Å²) in [7, 11) is 1.78. The van der Waals surface area contributed by atoms with E-state index in [-0.39, 0.29) is 12.5 Å². The second-order valence-electron chi connectivity index (χ2n) is 5.15. The minimum Gasteiger partial charge on any atom is -0.387 e. The minimum absolute atomic E-state index is 0.125. The van der Waals surface area contributed by atoms with Gasteiger partial charge in [-0.2, -0.15) is 0 Å². The van der Waals surface area contributed by atoms with Crippen molar-refractivity contribution < 1.29 is 9.90 Å². The molecule has 22 heavy (non-hydrogen) atoms. The Morgan fingerprint density at radius 1 is 1.18 bits per heavy atom. The molecule has 0 radical (unpaired) electrons. The Hall–Kier alpha value is -1.88. The quantitative estimate of drug-likeness (QED) is 0.861. The van der Waals surface area contributed by atoms with Crippen molar-refractivity contribution in [3.05, 3.63) is 65.2 Å². The van der Waals surface area contributed by atoms with Crippen LogP contribution in [0.25, 0.3) is 0 Å². The summed E-state index contributed by atoms with van der Waals surface area (Å²) in [5.74, 6) is -0.125. The minimum atomic E-state index is -0.733. The van der Waals surface area contributed by atoms with Gasteiger partial charge in [0.05, 0.1) is 12.6 Å². The average molecular weight is 319 g/mol. The number of aliphatic hydroxyl groups is 1. The zero-order valence-electron chi connectivity index (χ0n) is 12.4. The van der Waals surface area contributed by atoms with E-state index in [4.69, 9.17) is 11.6 Å². The Morgan fingerprint density at radius 2 is 1.82 bits per heavy atom. The molecule has 0 aliphatic carbocycles. The standard InChI is InChI=1S/C17H19ClN2O2/c1-20(11-16(21)14-9-5-6-10-15(14)18)12-17(22)19-13-7-3-2-4-8-13/h2-10,16,21H,11-12H2,1H3,(H,19,22). The lowest BCUT2D eigenvalue weighted by Gasteiger charge is -2.21. The van der Waals surface area contributed by atoms with Crippen LogP contribution in [0.15, 0.2) is 54.6 Å². The van der Waals surface area contributed by atoms with Crippen LogP contribution >= 0.6 is 11.6 Å². The number of rotatable bonds is 6. The highest BCUT2D eigenvalue weighted by Gasteiger charge is 2.15. The van der Waals surface area contributed by atoms with Crippen molar-refractivity contribution in [3.8, 4) is 0 Å². The smallest absolute Gasteiger partial charge is 0.238 e. The van der Waals surface area contributed by atoms with Crippen LogP contribution in [-0.4, -0.2) is 36.1 Å². The lowest BCUT2D eigenvalue weighted by Crippen LogP contribution is -2.33. The highest BCUT2D eigenvalue weighted by molar-refractivity contribution is 6.31. The van der Waals surface area contributed by atoms with Crippen molar-refractivity contribution in [2.24, 2.45) is 0 Å². The number of aliphatic hydroxyl groups excluding tert-OH is 1. The first-order valence-electron chi connectivity index (χ1n) is 7.02. The first kappa shape index (κ1) is 16.5. The van der Waals surface area contributed by atoms with E-state index < -0.39 is 6.10 Å². The Bertz CT molecular complexity index is 619. The van der Waals surface area contributed by atoms with Crippen LogP contribution in [0, 0.1) is 0 Å². The summed E-state index contributed by atoms with van der Waals surface area (Å²) in [5, 5.41) is 13.6. The number of amides is 1. The van der Waals surface area contributed by atoms with Gasteiger partial charge in [0.15, 0.2) is 0 Å². The monoisotopic (exact) mass is 318 g/mol. The van der Waals surface area contributed by atoms with Gasteiger partial charge in [0.2, 0.25) is 5.91 Å². The zero-order chi connectivity index (χ0) is 15.9. The van der Waals surface area contributed by atoms with Gasteiger partial charge in [-0.05, 0) is 25.2 Å². The topological polar surface area (TPSA) is 52.6 Å². The van der Waals surface area contributed by atoms with Gasteiger partial charge < -0.3 is 10.4 Å². The van der Waals surface area contributed by atoms with Crippen LogP contribution < -0.4 is 5.32 Å². The van der Waals surface area contributed by atoms with Gasteiger partial charge in [-0.15, -0.1) is 0 Å². The summed E-state index contributed by atoms with van der Waals surface area (Å²) in [4.78, 5) is 13.7. The van der Waals surface area contributed by atoms with Crippen LogP contribution in [-0.2, 0) is 4.79 Å². The summed E-state index contributed by atoms with van der Waals surface area (Å²) in [5.41, 5.74) is 1.42. The van der Waals surface area contributed by atoms with E-state index in [1.165, 1.54) is 0 Å². The molecule has 4 nitrogen and oxygen atoms in total. The molecule has 2 N–H and O–H groups in total. The molecule has 0 bridgehead atoms. The predicted molar refractivity (Wildman–Crippen MR) is 89.0 cm³/mol. The summed E-state index contributed by atoms with van der Waals surface area (Å²) >= 11 is 6.06. The Balaban J connectivity index is 1.86. The molecule has 1 unspecified atom stereocenters. The summed E-state index contributed by atoms with van der Waals surface area (Å²) in [6.07, 6.45) is -0.733. The van der Waals surface area contributed by atoms with Crippen molar-refractivity contribution in [1.29, 1.82) is 0 Å². The summed E-state index contributed by atoms with van der Waals surface area (Å²) in [6.45, 7) is 0.516. The zero-order valence-corrected chi connectivity index (χ0v) is 13.1. The summed E-state index contributed by atoms with van der Waals surface area (Å²) < 4.78 is 0. The third-order valence-electron chi connectivity index (χ3n) is 3.22. The number of carbonyl (C=O) groups excluding carboxylic acids is 1. The number of hydrogen-bond acceptors (Lipinski definition) is 3. The molecule has 0 saturated heterocycles. The first-order chi connectivity index (χ1) is 10.6.